The van der Waals surface area contributed by atoms with Gasteiger partial charge in [0, 0.05) is 50.7 Å². The summed E-state index contributed by atoms with van der Waals surface area (Å²) in [5.41, 5.74) is 0.366. The van der Waals surface area contributed by atoms with E-state index in [1.54, 1.807) is 36.5 Å². The third-order valence-corrected chi connectivity index (χ3v) is 5.91. The summed E-state index contributed by atoms with van der Waals surface area (Å²) in [6, 6.07) is 4.00. The van der Waals surface area contributed by atoms with Crippen LogP contribution < -0.4 is 0 Å². The Balaban J connectivity index is 1.35. The highest BCUT2D eigenvalue weighted by atomic mass is 16.6. The van der Waals surface area contributed by atoms with Gasteiger partial charge in [0.15, 0.2) is 0 Å². The average molecular weight is 358 g/mol. The molecule has 1 aromatic heterocycles. The van der Waals surface area contributed by atoms with Gasteiger partial charge in [-0.15, -0.1) is 0 Å². The first-order valence-electron chi connectivity index (χ1n) is 9.44. The zero-order chi connectivity index (χ0) is 18.1. The van der Waals surface area contributed by atoms with Crippen LogP contribution in [0.5, 0.6) is 0 Å². The number of hydrogen-bond acceptors (Lipinski definition) is 5. The number of likely N-dealkylation sites (tertiary alicyclic amines) is 2. The predicted molar refractivity (Wildman–Crippen MR) is 95.8 cm³/mol. The van der Waals surface area contributed by atoms with Crippen molar-refractivity contribution >= 4 is 12.0 Å². The van der Waals surface area contributed by atoms with Gasteiger partial charge < -0.3 is 14.5 Å². The van der Waals surface area contributed by atoms with Crippen molar-refractivity contribution in [2.24, 2.45) is 0 Å². The minimum atomic E-state index is -0.339. The predicted octanol–water partition coefficient (Wildman–Crippen LogP) is 1.60. The van der Waals surface area contributed by atoms with Crippen molar-refractivity contribution in [2.45, 2.75) is 37.3 Å². The number of carbonyl (C=O) groups is 2. The van der Waals surface area contributed by atoms with E-state index in [-0.39, 0.29) is 17.6 Å². The van der Waals surface area contributed by atoms with Gasteiger partial charge in [0.2, 0.25) is 0 Å². The number of aromatic nitrogens is 1. The summed E-state index contributed by atoms with van der Waals surface area (Å²) in [6.07, 6.45) is 7.05. The number of pyridine rings is 1. The van der Waals surface area contributed by atoms with Crippen LogP contribution in [0.15, 0.2) is 24.5 Å². The Morgan fingerprint density at radius 1 is 1.19 bits per heavy atom. The Morgan fingerprint density at radius 3 is 2.58 bits per heavy atom. The largest absolute Gasteiger partial charge is 0.440 e. The molecule has 0 bridgehead atoms. The molecular formula is C19H26N4O3. The van der Waals surface area contributed by atoms with Crippen LogP contribution in [0.25, 0.3) is 0 Å². The fourth-order valence-corrected chi connectivity index (χ4v) is 4.56. The van der Waals surface area contributed by atoms with Gasteiger partial charge in [-0.05, 0) is 44.4 Å². The van der Waals surface area contributed by atoms with Crippen LogP contribution in [0.1, 0.15) is 36.0 Å². The number of likely N-dealkylation sites (N-methyl/N-ethyl adjacent to an activating group) is 1. The molecule has 3 aliphatic heterocycles. The molecule has 140 valence electrons. The Morgan fingerprint density at radius 2 is 1.92 bits per heavy atom. The van der Waals surface area contributed by atoms with Crippen molar-refractivity contribution in [3.8, 4) is 0 Å². The van der Waals surface area contributed by atoms with Crippen LogP contribution in [-0.2, 0) is 4.74 Å². The lowest BCUT2D eigenvalue weighted by molar-refractivity contribution is -0.0313. The maximum Gasteiger partial charge on any atom is 0.410 e. The Labute approximate surface area is 153 Å². The summed E-state index contributed by atoms with van der Waals surface area (Å²) in [5.74, 6) is 0.0901. The van der Waals surface area contributed by atoms with E-state index in [0.29, 0.717) is 18.2 Å². The summed E-state index contributed by atoms with van der Waals surface area (Å²) >= 11 is 0. The number of rotatable bonds is 2. The second-order valence-corrected chi connectivity index (χ2v) is 7.74. The van der Waals surface area contributed by atoms with Gasteiger partial charge >= 0.3 is 6.09 Å². The van der Waals surface area contributed by atoms with Crippen LogP contribution in [0.3, 0.4) is 0 Å². The van der Waals surface area contributed by atoms with Crippen LogP contribution in [-0.4, -0.2) is 83.1 Å². The standard InChI is InChI=1S/C19H26N4O3/c1-21-13-19(26-18(21)25)7-2-10-23(14-19)16-5-11-22(12-6-16)17(24)15-3-8-20-9-4-15/h3-4,8-9,16H,2,5-7,10-14H2,1H3/t19-/m0/s1. The lowest BCUT2D eigenvalue weighted by atomic mass is 9.90. The molecule has 7 nitrogen and oxygen atoms in total. The van der Waals surface area contributed by atoms with E-state index >= 15 is 0 Å². The van der Waals surface area contributed by atoms with Crippen LogP contribution >= 0.6 is 0 Å². The highest BCUT2D eigenvalue weighted by molar-refractivity contribution is 5.94. The number of nitrogens with zero attached hydrogens (tertiary/aromatic N) is 4. The normalized spacial score (nSPS) is 27.8. The maximum absolute atomic E-state index is 12.6. The molecule has 0 N–H and O–H groups in total. The van der Waals surface area contributed by atoms with E-state index in [9.17, 15) is 9.59 Å². The van der Waals surface area contributed by atoms with Crippen LogP contribution in [0, 0.1) is 0 Å². The molecule has 4 rings (SSSR count). The Bertz CT molecular complexity index is 675. The highest BCUT2D eigenvalue weighted by Crippen LogP contribution is 2.33. The molecule has 2 amide bonds. The SMILES string of the molecule is CN1C[C@]2(CCCN(C3CCN(C(=O)c4ccncc4)CC3)C2)OC1=O. The number of ether oxygens (including phenoxy) is 1. The summed E-state index contributed by atoms with van der Waals surface area (Å²) < 4.78 is 5.72. The molecule has 1 atom stereocenters. The summed E-state index contributed by atoms with van der Waals surface area (Å²) in [4.78, 5) is 34.5. The zero-order valence-electron chi connectivity index (χ0n) is 15.3. The number of piperidine rings is 2. The fraction of sp³-hybridized carbons (Fsp3) is 0.632. The lowest BCUT2D eigenvalue weighted by Gasteiger charge is -2.45. The van der Waals surface area contributed by atoms with E-state index < -0.39 is 0 Å². The highest BCUT2D eigenvalue weighted by Gasteiger charge is 2.47. The minimum Gasteiger partial charge on any atom is -0.440 e. The molecule has 1 spiro atoms. The van der Waals surface area contributed by atoms with Crippen LogP contribution in [0.4, 0.5) is 4.79 Å². The molecule has 7 heteroatoms. The Hall–Kier alpha value is -2.15. The van der Waals surface area contributed by atoms with Gasteiger partial charge in [-0.25, -0.2) is 4.79 Å². The van der Waals surface area contributed by atoms with Gasteiger partial charge in [-0.1, -0.05) is 0 Å². The second-order valence-electron chi connectivity index (χ2n) is 7.74. The summed E-state index contributed by atoms with van der Waals surface area (Å²) in [5, 5.41) is 0. The molecule has 26 heavy (non-hydrogen) atoms. The van der Waals surface area contributed by atoms with Gasteiger partial charge in [-0.3, -0.25) is 14.7 Å². The quantitative estimate of drug-likeness (QED) is 0.803. The molecule has 0 saturated carbocycles. The van der Waals surface area contributed by atoms with Gasteiger partial charge in [0.1, 0.15) is 5.60 Å². The topological polar surface area (TPSA) is 66.0 Å². The fourth-order valence-electron chi connectivity index (χ4n) is 4.56. The average Bonchev–Trinajstić information content (AvgIpc) is 2.94. The minimum absolute atomic E-state index is 0.0901. The third-order valence-electron chi connectivity index (χ3n) is 5.91. The lowest BCUT2D eigenvalue weighted by Crippen LogP contribution is -2.56. The molecule has 3 saturated heterocycles. The van der Waals surface area contributed by atoms with Crippen molar-refractivity contribution in [2.75, 3.05) is 39.8 Å². The van der Waals surface area contributed by atoms with E-state index in [0.717, 1.165) is 51.9 Å². The number of hydrogen-bond donors (Lipinski definition) is 0. The maximum atomic E-state index is 12.6. The number of carbonyl (C=O) groups excluding carboxylic acids is 2. The van der Waals surface area contributed by atoms with Crippen molar-refractivity contribution < 1.29 is 14.3 Å². The smallest absolute Gasteiger partial charge is 0.410 e. The van der Waals surface area contributed by atoms with E-state index in [1.165, 1.54) is 0 Å². The molecule has 0 radical (unpaired) electrons. The Kier molecular flexibility index (Phi) is 4.56. The molecule has 4 heterocycles. The third kappa shape index (κ3) is 3.28. The zero-order valence-corrected chi connectivity index (χ0v) is 15.3. The van der Waals surface area contributed by atoms with Crippen LogP contribution in [0.2, 0.25) is 0 Å². The first-order valence-corrected chi connectivity index (χ1v) is 9.44. The van der Waals surface area contributed by atoms with Crippen molar-refractivity contribution in [3.05, 3.63) is 30.1 Å². The molecule has 3 aliphatic rings. The molecule has 1 aromatic rings. The van der Waals surface area contributed by atoms with Crippen molar-refractivity contribution in [3.63, 3.8) is 0 Å². The van der Waals surface area contributed by atoms with E-state index in [1.807, 2.05) is 4.90 Å². The summed E-state index contributed by atoms with van der Waals surface area (Å²) in [6.45, 7) is 4.09. The summed E-state index contributed by atoms with van der Waals surface area (Å²) in [7, 11) is 1.80. The van der Waals surface area contributed by atoms with E-state index in [4.69, 9.17) is 4.74 Å². The van der Waals surface area contributed by atoms with Gasteiger partial charge in [0.25, 0.3) is 5.91 Å². The molecular weight excluding hydrogens is 332 g/mol. The van der Waals surface area contributed by atoms with Crippen molar-refractivity contribution in [1.82, 2.24) is 19.7 Å². The molecule has 0 unspecified atom stereocenters. The number of amides is 2. The van der Waals surface area contributed by atoms with E-state index in [2.05, 4.69) is 9.88 Å². The molecule has 0 aliphatic carbocycles. The molecule has 0 aromatic carbocycles. The second kappa shape index (κ2) is 6.87. The van der Waals surface area contributed by atoms with Gasteiger partial charge in [-0.2, -0.15) is 0 Å². The van der Waals surface area contributed by atoms with Crippen molar-refractivity contribution in [1.29, 1.82) is 0 Å². The monoisotopic (exact) mass is 358 g/mol. The van der Waals surface area contributed by atoms with Gasteiger partial charge in [0.05, 0.1) is 6.54 Å². The first kappa shape index (κ1) is 17.3. The molecule has 3 fully saturated rings. The first-order chi connectivity index (χ1) is 12.6.